The molecule has 4 rings (SSSR count). The molecular weight excluding hydrogens is 419 g/mol. The molecule has 0 spiro atoms. The van der Waals surface area contributed by atoms with E-state index < -0.39 is 11.3 Å². The van der Waals surface area contributed by atoms with E-state index in [-0.39, 0.29) is 17.4 Å². The van der Waals surface area contributed by atoms with Gasteiger partial charge in [0.05, 0.1) is 11.8 Å². The van der Waals surface area contributed by atoms with Gasteiger partial charge in [-0.3, -0.25) is 14.3 Å². The molecule has 1 aromatic heterocycles. The van der Waals surface area contributed by atoms with E-state index in [1.807, 2.05) is 25.1 Å². The molecule has 3 N–H and O–H groups in total. The fourth-order valence-electron chi connectivity index (χ4n) is 3.72. The minimum absolute atomic E-state index is 0.125. The number of halogens is 1. The number of fused-ring (bicyclic) bond motifs is 3. The first-order chi connectivity index (χ1) is 14.8. The number of nitrogens with one attached hydrogen (secondary N) is 2. The molecule has 0 bridgehead atoms. The predicted octanol–water partition coefficient (Wildman–Crippen LogP) is 2.83. The van der Waals surface area contributed by atoms with Gasteiger partial charge in [-0.15, -0.1) is 0 Å². The third kappa shape index (κ3) is 4.40. The lowest BCUT2D eigenvalue weighted by Gasteiger charge is -2.15. The Morgan fingerprint density at radius 3 is 2.58 bits per heavy atom. The quantitative estimate of drug-likeness (QED) is 0.420. The third-order valence-electron chi connectivity index (χ3n) is 5.23. The summed E-state index contributed by atoms with van der Waals surface area (Å²) in [5.74, 6) is -0.326. The highest BCUT2D eigenvalue weighted by atomic mass is 32.2. The summed E-state index contributed by atoms with van der Waals surface area (Å²) < 4.78 is 34.7. The van der Waals surface area contributed by atoms with Crippen molar-refractivity contribution >= 4 is 17.0 Å². The molecule has 0 saturated heterocycles. The number of hydrazine groups is 1. The Bertz CT molecular complexity index is 1250. The first kappa shape index (κ1) is 21.3. The molecule has 9 heteroatoms. The number of aliphatic imine (C=N–C) groups is 1. The Balaban J connectivity index is 1.90. The second-order valence-electron chi connectivity index (χ2n) is 7.34. The van der Waals surface area contributed by atoms with Crippen LogP contribution in [0.2, 0.25) is 0 Å². The van der Waals surface area contributed by atoms with Crippen molar-refractivity contribution in [1.82, 2.24) is 14.8 Å². The van der Waals surface area contributed by atoms with Crippen LogP contribution in [-0.4, -0.2) is 19.0 Å². The standard InChI is InChI=1S/C22H21FN4O3S/c1-13-18-10-21(28)27(2)12-20(18)19-9-14(11-24-26-31(29)30)3-8-17(19)22(25-13)15-4-6-16(23)7-5-15/h3-10,12-13,24,26H,11H2,1-2H3,(H,29,30). The molecule has 0 aliphatic carbocycles. The van der Waals surface area contributed by atoms with Gasteiger partial charge in [-0.05, 0) is 53.9 Å². The van der Waals surface area contributed by atoms with Crippen molar-refractivity contribution in [3.8, 4) is 11.1 Å². The van der Waals surface area contributed by atoms with Gasteiger partial charge in [0.1, 0.15) is 5.82 Å². The van der Waals surface area contributed by atoms with Crippen molar-refractivity contribution < 1.29 is 13.2 Å². The molecule has 31 heavy (non-hydrogen) atoms. The molecule has 2 atom stereocenters. The largest absolute Gasteiger partial charge is 0.318 e. The van der Waals surface area contributed by atoms with Gasteiger partial charge >= 0.3 is 0 Å². The van der Waals surface area contributed by atoms with E-state index in [0.717, 1.165) is 33.4 Å². The molecule has 0 fully saturated rings. The maximum absolute atomic E-state index is 13.5. The maximum Gasteiger partial charge on any atom is 0.250 e. The molecule has 1 aliphatic heterocycles. The summed E-state index contributed by atoms with van der Waals surface area (Å²) >= 11 is -2.17. The van der Waals surface area contributed by atoms with Crippen LogP contribution in [0.3, 0.4) is 0 Å². The van der Waals surface area contributed by atoms with Crippen LogP contribution in [0.1, 0.15) is 35.2 Å². The summed E-state index contributed by atoms with van der Waals surface area (Å²) in [5.41, 5.74) is 8.35. The van der Waals surface area contributed by atoms with Crippen LogP contribution >= 0.6 is 0 Å². The number of hydrogen-bond acceptors (Lipinski definition) is 4. The SMILES string of the molecule is CC1N=C(c2ccc(F)cc2)c2ccc(CNNS(=O)O)cc2-c2cn(C)c(=O)cc21. The number of rotatable bonds is 5. The van der Waals surface area contributed by atoms with Crippen molar-refractivity contribution in [1.29, 1.82) is 0 Å². The summed E-state index contributed by atoms with van der Waals surface area (Å²) in [5, 5.41) is 0. The Kier molecular flexibility index (Phi) is 5.92. The predicted molar refractivity (Wildman–Crippen MR) is 118 cm³/mol. The molecular formula is C22H21FN4O3S. The van der Waals surface area contributed by atoms with Crippen LogP contribution in [0, 0.1) is 5.82 Å². The number of aromatic nitrogens is 1. The fourth-order valence-corrected chi connectivity index (χ4v) is 3.91. The number of nitrogens with zero attached hydrogens (tertiary/aromatic N) is 2. The summed E-state index contributed by atoms with van der Waals surface area (Å²) in [7, 11) is 1.70. The fraction of sp³-hybridized carbons (Fsp3) is 0.182. The molecule has 160 valence electrons. The zero-order valence-electron chi connectivity index (χ0n) is 16.9. The monoisotopic (exact) mass is 440 g/mol. The zero-order valence-corrected chi connectivity index (χ0v) is 17.7. The van der Waals surface area contributed by atoms with Crippen molar-refractivity contribution in [2.45, 2.75) is 19.5 Å². The van der Waals surface area contributed by atoms with Crippen LogP contribution in [0.25, 0.3) is 11.1 Å². The first-order valence-corrected chi connectivity index (χ1v) is 10.7. The van der Waals surface area contributed by atoms with Gasteiger partial charge in [0, 0.05) is 42.5 Å². The number of benzene rings is 2. The highest BCUT2D eigenvalue weighted by Gasteiger charge is 2.24. The van der Waals surface area contributed by atoms with Crippen LogP contribution in [0.15, 0.2) is 64.5 Å². The molecule has 0 amide bonds. The molecule has 2 aromatic carbocycles. The topological polar surface area (TPSA) is 95.7 Å². The number of hydrogen-bond donors (Lipinski definition) is 3. The molecule has 2 unspecified atom stereocenters. The van der Waals surface area contributed by atoms with E-state index in [4.69, 9.17) is 9.55 Å². The van der Waals surface area contributed by atoms with Crippen LogP contribution in [0.4, 0.5) is 4.39 Å². The van der Waals surface area contributed by atoms with Crippen molar-refractivity contribution in [2.24, 2.45) is 12.0 Å². The summed E-state index contributed by atoms with van der Waals surface area (Å²) in [6.45, 7) is 2.23. The van der Waals surface area contributed by atoms with Crippen LogP contribution in [0.5, 0.6) is 0 Å². The first-order valence-electron chi connectivity index (χ1n) is 9.61. The van der Waals surface area contributed by atoms with Crippen LogP contribution in [-0.2, 0) is 24.9 Å². The second-order valence-corrected chi connectivity index (χ2v) is 8.04. The third-order valence-corrected chi connectivity index (χ3v) is 5.55. The average Bonchev–Trinajstić information content (AvgIpc) is 2.84. The second kappa shape index (κ2) is 8.64. The Morgan fingerprint density at radius 1 is 1.13 bits per heavy atom. The van der Waals surface area contributed by atoms with Crippen LogP contribution < -0.4 is 15.8 Å². The van der Waals surface area contributed by atoms with E-state index in [0.29, 0.717) is 12.3 Å². The molecule has 2 heterocycles. The molecule has 0 saturated carbocycles. The Labute approximate surface area is 181 Å². The van der Waals surface area contributed by atoms with Gasteiger partial charge in [-0.1, -0.05) is 12.1 Å². The van der Waals surface area contributed by atoms with E-state index in [1.165, 1.54) is 16.7 Å². The summed E-state index contributed by atoms with van der Waals surface area (Å²) in [6, 6.07) is 13.3. The zero-order chi connectivity index (χ0) is 22.1. The Morgan fingerprint density at radius 2 is 1.87 bits per heavy atom. The van der Waals surface area contributed by atoms with Gasteiger partial charge < -0.3 is 4.57 Å². The normalized spacial score (nSPS) is 16.1. The lowest BCUT2D eigenvalue weighted by molar-refractivity contribution is 0.526. The van der Waals surface area contributed by atoms with E-state index >= 15 is 0 Å². The van der Waals surface area contributed by atoms with Gasteiger partial charge in [-0.2, -0.15) is 4.83 Å². The van der Waals surface area contributed by atoms with Crippen molar-refractivity contribution in [2.75, 3.05) is 0 Å². The van der Waals surface area contributed by atoms with Gasteiger partial charge in [0.2, 0.25) is 11.3 Å². The highest BCUT2D eigenvalue weighted by molar-refractivity contribution is 7.77. The summed E-state index contributed by atoms with van der Waals surface area (Å²) in [4.78, 5) is 19.5. The van der Waals surface area contributed by atoms with E-state index in [2.05, 4.69) is 10.3 Å². The minimum atomic E-state index is -2.17. The van der Waals surface area contributed by atoms with Crippen molar-refractivity contribution in [3.05, 3.63) is 93.2 Å². The van der Waals surface area contributed by atoms with E-state index in [9.17, 15) is 13.4 Å². The molecule has 1 aliphatic rings. The summed E-state index contributed by atoms with van der Waals surface area (Å²) in [6.07, 6.45) is 1.80. The van der Waals surface area contributed by atoms with E-state index in [1.54, 1.807) is 31.4 Å². The molecule has 7 nitrogen and oxygen atoms in total. The highest BCUT2D eigenvalue weighted by Crippen LogP contribution is 2.37. The lowest BCUT2D eigenvalue weighted by Crippen LogP contribution is -2.32. The lowest BCUT2D eigenvalue weighted by atomic mass is 9.91. The number of aryl methyl sites for hydroxylation is 1. The van der Waals surface area contributed by atoms with Gasteiger partial charge in [-0.25, -0.2) is 14.0 Å². The number of pyridine rings is 1. The maximum atomic E-state index is 13.5. The van der Waals surface area contributed by atoms with Crippen molar-refractivity contribution in [3.63, 3.8) is 0 Å². The van der Waals surface area contributed by atoms with Gasteiger partial charge in [0.25, 0.3) is 5.56 Å². The molecule has 3 aromatic rings. The smallest absolute Gasteiger partial charge is 0.250 e. The van der Waals surface area contributed by atoms with Gasteiger partial charge in [0.15, 0.2) is 0 Å². The minimum Gasteiger partial charge on any atom is -0.318 e. The average molecular weight is 441 g/mol. The molecule has 0 radical (unpaired) electrons. The Hall–Kier alpha value is -2.98.